The fourth-order valence-electron chi connectivity index (χ4n) is 3.01. The van der Waals surface area contributed by atoms with Crippen molar-refractivity contribution in [3.63, 3.8) is 0 Å². The van der Waals surface area contributed by atoms with Crippen LogP contribution >= 0.6 is 12.4 Å². The predicted molar refractivity (Wildman–Crippen MR) is 92.3 cm³/mol. The number of nitrogens with zero attached hydrogens (tertiary/aromatic N) is 1. The van der Waals surface area contributed by atoms with Crippen LogP contribution in [0.3, 0.4) is 0 Å². The van der Waals surface area contributed by atoms with E-state index in [4.69, 9.17) is 0 Å². The van der Waals surface area contributed by atoms with Crippen molar-refractivity contribution in [2.75, 3.05) is 30.7 Å². The van der Waals surface area contributed by atoms with Crippen LogP contribution in [0.25, 0.3) is 0 Å². The third kappa shape index (κ3) is 4.05. The maximum absolute atomic E-state index is 14.4. The summed E-state index contributed by atoms with van der Waals surface area (Å²) >= 11 is 0. The van der Waals surface area contributed by atoms with E-state index in [-0.39, 0.29) is 48.5 Å². The molecule has 2 N–H and O–H groups in total. The lowest BCUT2D eigenvalue weighted by Crippen LogP contribution is -2.30. The Labute approximate surface area is 147 Å². The van der Waals surface area contributed by atoms with Crippen LogP contribution in [0.5, 0.6) is 0 Å². The van der Waals surface area contributed by atoms with E-state index in [9.17, 15) is 17.6 Å². The minimum Gasteiger partial charge on any atom is -0.324 e. The second-order valence-electron chi connectivity index (χ2n) is 5.86. The van der Waals surface area contributed by atoms with Gasteiger partial charge in [0.05, 0.1) is 11.4 Å². The number of amides is 1. The predicted octanol–water partition coefficient (Wildman–Crippen LogP) is 1.26. The minimum atomic E-state index is -3.20. The lowest BCUT2D eigenvalue weighted by molar-refractivity contribution is -0.116. The molecule has 0 spiro atoms. The Hall–Kier alpha value is -1.22. The van der Waals surface area contributed by atoms with Gasteiger partial charge in [0.15, 0.2) is 0 Å². The number of fused-ring (bicyclic) bond motifs is 1. The van der Waals surface area contributed by atoms with Crippen molar-refractivity contribution in [1.82, 2.24) is 9.62 Å². The van der Waals surface area contributed by atoms with Crippen molar-refractivity contribution in [2.45, 2.75) is 25.8 Å². The Balaban J connectivity index is 0.00000208. The summed E-state index contributed by atoms with van der Waals surface area (Å²) in [6.45, 7) is 1.95. The Bertz CT molecular complexity index is 727. The summed E-state index contributed by atoms with van der Waals surface area (Å²) in [5.74, 6) is -0.617. The topological polar surface area (TPSA) is 78.5 Å². The van der Waals surface area contributed by atoms with Crippen molar-refractivity contribution in [2.24, 2.45) is 0 Å². The zero-order valence-electron chi connectivity index (χ0n) is 13.2. The van der Waals surface area contributed by atoms with Crippen molar-refractivity contribution in [3.05, 3.63) is 29.1 Å². The molecule has 0 aromatic heterocycles. The van der Waals surface area contributed by atoms with E-state index in [0.717, 1.165) is 5.56 Å². The molecule has 0 atom stereocenters. The summed E-state index contributed by atoms with van der Waals surface area (Å²) in [5, 5.41) is 5.73. The van der Waals surface area contributed by atoms with E-state index in [0.29, 0.717) is 38.0 Å². The van der Waals surface area contributed by atoms with Gasteiger partial charge in [-0.15, -0.1) is 12.4 Å². The summed E-state index contributed by atoms with van der Waals surface area (Å²) in [6, 6.07) is 3.37. The molecule has 2 aliphatic rings. The van der Waals surface area contributed by atoms with Crippen LogP contribution in [0.2, 0.25) is 0 Å². The fraction of sp³-hybridized carbons (Fsp3) is 0.533. The van der Waals surface area contributed by atoms with Gasteiger partial charge >= 0.3 is 0 Å². The molecule has 0 unspecified atom stereocenters. The van der Waals surface area contributed by atoms with E-state index < -0.39 is 10.0 Å². The van der Waals surface area contributed by atoms with Crippen molar-refractivity contribution in [1.29, 1.82) is 0 Å². The molecule has 1 fully saturated rings. The third-order valence-electron chi connectivity index (χ3n) is 4.27. The second kappa shape index (κ2) is 7.77. The third-order valence-corrected chi connectivity index (χ3v) is 6.23. The number of hydrogen-bond donors (Lipinski definition) is 2. The standard InChI is InChI=1S/C15H20FN3O3S.ClH/c16-15-12-4-6-17-10-11(12)2-3-13(15)18-14(20)5-8-19-7-1-9-23(19,21)22;/h2-3,17H,1,4-10H2,(H,18,20);1H. The molecule has 24 heavy (non-hydrogen) atoms. The van der Waals surface area contributed by atoms with E-state index in [1.54, 1.807) is 6.07 Å². The van der Waals surface area contributed by atoms with Crippen LogP contribution < -0.4 is 10.6 Å². The van der Waals surface area contributed by atoms with Gasteiger partial charge in [-0.25, -0.2) is 17.1 Å². The molecule has 6 nitrogen and oxygen atoms in total. The number of rotatable bonds is 4. The van der Waals surface area contributed by atoms with Gasteiger partial charge in [0.2, 0.25) is 15.9 Å². The number of sulfonamides is 1. The number of nitrogens with one attached hydrogen (secondary N) is 2. The Morgan fingerprint density at radius 3 is 2.88 bits per heavy atom. The average molecular weight is 378 g/mol. The van der Waals surface area contributed by atoms with Gasteiger partial charge < -0.3 is 10.6 Å². The highest BCUT2D eigenvalue weighted by Crippen LogP contribution is 2.24. The largest absolute Gasteiger partial charge is 0.324 e. The molecule has 1 aromatic carbocycles. The Morgan fingerprint density at radius 1 is 1.38 bits per heavy atom. The molecule has 9 heteroatoms. The average Bonchev–Trinajstić information content (AvgIpc) is 2.87. The molecule has 0 radical (unpaired) electrons. The van der Waals surface area contributed by atoms with Crippen molar-refractivity contribution < 1.29 is 17.6 Å². The van der Waals surface area contributed by atoms with Crippen LogP contribution in [0.15, 0.2) is 12.1 Å². The first-order chi connectivity index (χ1) is 11.0. The smallest absolute Gasteiger partial charge is 0.225 e. The monoisotopic (exact) mass is 377 g/mol. The number of benzene rings is 1. The maximum Gasteiger partial charge on any atom is 0.225 e. The van der Waals surface area contributed by atoms with E-state index >= 15 is 0 Å². The highest BCUT2D eigenvalue weighted by Gasteiger charge is 2.28. The molecular formula is C15H21ClFN3O3S. The number of anilines is 1. The zero-order valence-corrected chi connectivity index (χ0v) is 14.8. The molecule has 0 saturated carbocycles. The zero-order chi connectivity index (χ0) is 16.4. The summed E-state index contributed by atoms with van der Waals surface area (Å²) in [6.07, 6.45) is 1.21. The minimum absolute atomic E-state index is 0. The van der Waals surface area contributed by atoms with Gasteiger partial charge in [0.1, 0.15) is 5.82 Å². The molecular weight excluding hydrogens is 357 g/mol. The fourth-order valence-corrected chi connectivity index (χ4v) is 4.54. The molecule has 134 valence electrons. The quantitative estimate of drug-likeness (QED) is 0.828. The number of hydrogen-bond acceptors (Lipinski definition) is 4. The summed E-state index contributed by atoms with van der Waals surface area (Å²) in [4.78, 5) is 12.0. The van der Waals surface area contributed by atoms with Crippen LogP contribution in [0.4, 0.5) is 10.1 Å². The second-order valence-corrected chi connectivity index (χ2v) is 7.95. The van der Waals surface area contributed by atoms with Gasteiger partial charge in [-0.1, -0.05) is 6.07 Å². The molecule has 1 saturated heterocycles. The van der Waals surface area contributed by atoms with Crippen LogP contribution in [0, 0.1) is 5.82 Å². The summed E-state index contributed by atoms with van der Waals surface area (Å²) < 4.78 is 39.1. The molecule has 2 aliphatic heterocycles. The molecule has 1 aromatic rings. The number of carbonyl (C=O) groups is 1. The van der Waals surface area contributed by atoms with Gasteiger partial charge in [-0.2, -0.15) is 0 Å². The van der Waals surface area contributed by atoms with Gasteiger partial charge in [0, 0.05) is 26.1 Å². The number of carbonyl (C=O) groups excluding carboxylic acids is 1. The van der Waals surface area contributed by atoms with Crippen LogP contribution in [0.1, 0.15) is 24.0 Å². The van der Waals surface area contributed by atoms with Crippen LogP contribution in [-0.2, 0) is 27.8 Å². The van der Waals surface area contributed by atoms with E-state index in [2.05, 4.69) is 10.6 Å². The first-order valence-electron chi connectivity index (χ1n) is 7.76. The van der Waals surface area contributed by atoms with Gasteiger partial charge in [-0.05, 0) is 36.6 Å². The van der Waals surface area contributed by atoms with Gasteiger partial charge in [-0.3, -0.25) is 4.79 Å². The van der Waals surface area contributed by atoms with Crippen molar-refractivity contribution >= 4 is 34.0 Å². The Morgan fingerprint density at radius 2 is 2.17 bits per heavy atom. The maximum atomic E-state index is 14.4. The Kier molecular flexibility index (Phi) is 6.19. The molecule has 3 rings (SSSR count). The van der Waals surface area contributed by atoms with E-state index in [1.165, 1.54) is 4.31 Å². The molecule has 0 aliphatic carbocycles. The SMILES string of the molecule is Cl.O=C(CCN1CCCS1(=O)=O)Nc1ccc2c(c1F)CCNC2. The number of halogens is 2. The van der Waals surface area contributed by atoms with Gasteiger partial charge in [0.25, 0.3) is 0 Å². The lowest BCUT2D eigenvalue weighted by atomic mass is 9.99. The first-order valence-corrected chi connectivity index (χ1v) is 9.37. The van der Waals surface area contributed by atoms with E-state index in [1.807, 2.05) is 6.07 Å². The molecule has 1 amide bonds. The van der Waals surface area contributed by atoms with Crippen LogP contribution in [-0.4, -0.2) is 44.0 Å². The normalized spacial score (nSPS) is 19.4. The summed E-state index contributed by atoms with van der Waals surface area (Å²) in [5.41, 5.74) is 1.72. The highest BCUT2D eigenvalue weighted by atomic mass is 35.5. The summed E-state index contributed by atoms with van der Waals surface area (Å²) in [7, 11) is -3.20. The van der Waals surface area contributed by atoms with Crippen molar-refractivity contribution in [3.8, 4) is 0 Å². The molecule has 2 heterocycles. The first kappa shape index (κ1) is 19.1. The molecule has 0 bridgehead atoms. The highest BCUT2D eigenvalue weighted by molar-refractivity contribution is 7.89. The lowest BCUT2D eigenvalue weighted by Gasteiger charge is -2.19.